The fourth-order valence-corrected chi connectivity index (χ4v) is 2.00. The van der Waals surface area contributed by atoms with E-state index in [1.54, 1.807) is 0 Å². The van der Waals surface area contributed by atoms with E-state index in [1.165, 1.54) is 0 Å². The Kier molecular flexibility index (Phi) is 6.24. The molecule has 0 fully saturated rings. The predicted molar refractivity (Wildman–Crippen MR) is 70.7 cm³/mol. The largest absolute Gasteiger partial charge is 0.582 e. The van der Waals surface area contributed by atoms with Gasteiger partial charge in [-0.25, -0.2) is 13.6 Å². The molecule has 0 atom stereocenters. The number of hydrogen-bond donors (Lipinski definition) is 0. The Morgan fingerprint density at radius 3 is 1.77 bits per heavy atom. The second-order valence-electron chi connectivity index (χ2n) is 5.61. The van der Waals surface area contributed by atoms with Crippen molar-refractivity contribution in [3.8, 4) is 5.88 Å². The van der Waals surface area contributed by atoms with Gasteiger partial charge in [-0.3, -0.25) is 0 Å². The second kappa shape index (κ2) is 7.33. The topological polar surface area (TPSA) is 51.3 Å². The van der Waals surface area contributed by atoms with Gasteiger partial charge in [-0.2, -0.15) is 35.1 Å². The van der Waals surface area contributed by atoms with Gasteiger partial charge in [0.15, 0.2) is 16.3 Å². The molecular weight excluding hydrogens is 460 g/mol. The maximum atomic E-state index is 13.7. The fourth-order valence-electron chi connectivity index (χ4n) is 2.00. The molecule has 0 saturated heterocycles. The van der Waals surface area contributed by atoms with E-state index in [-0.39, 0.29) is 5.88 Å². The van der Waals surface area contributed by atoms with Crippen molar-refractivity contribution in [2.75, 3.05) is 7.11 Å². The number of carbonyl (C=O) groups is 1. The maximum absolute atomic E-state index is 13.7. The monoisotopic (exact) mass is 469 g/mol. The summed E-state index contributed by atoms with van der Waals surface area (Å²) in [6.45, 7) is 0. The van der Waals surface area contributed by atoms with E-state index < -0.39 is 52.5 Å². The lowest BCUT2D eigenvalue weighted by atomic mass is 9.97. The van der Waals surface area contributed by atoms with Crippen molar-refractivity contribution >= 4 is 5.91 Å². The first-order chi connectivity index (χ1) is 13.2. The van der Waals surface area contributed by atoms with Gasteiger partial charge in [-0.05, 0) is 6.07 Å². The van der Waals surface area contributed by atoms with Crippen molar-refractivity contribution in [3.05, 3.63) is 22.7 Å². The van der Waals surface area contributed by atoms with Crippen molar-refractivity contribution in [2.24, 2.45) is 7.05 Å². The summed E-state index contributed by atoms with van der Waals surface area (Å²) < 4.78 is 159. The molecule has 1 heterocycles. The molecule has 0 aromatic carbocycles. The number of halogens is 12. The molecule has 17 heteroatoms. The van der Waals surface area contributed by atoms with Crippen LogP contribution in [0, 0.1) is 4.91 Å². The van der Waals surface area contributed by atoms with E-state index in [2.05, 4.69) is 4.74 Å². The number of nitrogens with zero attached hydrogens (tertiary/aromatic N) is 2. The second-order valence-corrected chi connectivity index (χ2v) is 5.61. The Balaban J connectivity index is 3.49. The van der Waals surface area contributed by atoms with Gasteiger partial charge in [0.05, 0.1) is 7.11 Å². The zero-order chi connectivity index (χ0) is 24.1. The summed E-state index contributed by atoms with van der Waals surface area (Å²) in [6, 6.07) is -5.76. The maximum Gasteiger partial charge on any atom is 0.582 e. The minimum Gasteiger partial charge on any atom is -0.482 e. The van der Waals surface area contributed by atoms with Gasteiger partial charge >= 0.3 is 42.1 Å². The third-order valence-electron chi connectivity index (χ3n) is 3.80. The lowest BCUT2D eigenvalue weighted by Gasteiger charge is -2.35. The Hall–Kier alpha value is -2.49. The van der Waals surface area contributed by atoms with Crippen molar-refractivity contribution in [3.63, 3.8) is 0 Å². The van der Waals surface area contributed by atoms with Crippen LogP contribution in [0.15, 0.2) is 12.1 Å². The van der Waals surface area contributed by atoms with Gasteiger partial charge in [0.2, 0.25) is 0 Å². The van der Waals surface area contributed by atoms with Crippen LogP contribution in [-0.2, 0) is 7.05 Å². The first-order valence-corrected chi connectivity index (χ1v) is 7.12. The van der Waals surface area contributed by atoms with Crippen LogP contribution in [0.5, 0.6) is 5.88 Å². The van der Waals surface area contributed by atoms with Crippen molar-refractivity contribution in [2.45, 2.75) is 36.2 Å². The molecule has 1 aromatic heterocycles. The molecule has 0 spiro atoms. The van der Waals surface area contributed by atoms with Crippen LogP contribution in [0.3, 0.4) is 0 Å². The summed E-state index contributed by atoms with van der Waals surface area (Å²) >= 11 is 0. The Labute approximate surface area is 157 Å². The van der Waals surface area contributed by atoms with Crippen LogP contribution >= 0.6 is 0 Å². The lowest BCUT2D eigenvalue weighted by Crippen LogP contribution is -2.70. The summed E-state index contributed by atoms with van der Waals surface area (Å²) in [5, 5.41) is 0. The highest BCUT2D eigenvalue weighted by Gasteiger charge is 2.93. The Morgan fingerprint density at radius 2 is 1.40 bits per heavy atom. The van der Waals surface area contributed by atoms with Crippen LogP contribution in [-0.4, -0.2) is 58.5 Å². The number of nitroso groups, excluding NO2 is 1. The summed E-state index contributed by atoms with van der Waals surface area (Å²) in [7, 11) is 1.81. The first kappa shape index (κ1) is 25.5. The van der Waals surface area contributed by atoms with E-state index in [4.69, 9.17) is 0 Å². The molecule has 0 aliphatic heterocycles. The number of ether oxygens (including phenoxy) is 1. The van der Waals surface area contributed by atoms with Gasteiger partial charge in [0.1, 0.15) is 0 Å². The molecule has 0 unspecified atom stereocenters. The molecule has 0 bridgehead atoms. The molecule has 30 heavy (non-hydrogen) atoms. The molecule has 1 amide bonds. The van der Waals surface area contributed by atoms with Crippen LogP contribution in [0.1, 0.15) is 10.5 Å². The number of rotatable bonds is 8. The van der Waals surface area contributed by atoms with Gasteiger partial charge in [0.25, 0.3) is 0 Å². The van der Waals surface area contributed by atoms with Crippen LogP contribution in [0.2, 0.25) is 0 Å². The van der Waals surface area contributed by atoms with Crippen LogP contribution < -0.4 is 4.74 Å². The highest BCUT2D eigenvalue weighted by molar-refractivity contribution is 5.86. The third-order valence-corrected chi connectivity index (χ3v) is 3.80. The predicted octanol–water partition coefficient (Wildman–Crippen LogP) is 4.35. The van der Waals surface area contributed by atoms with Crippen molar-refractivity contribution in [1.82, 2.24) is 4.57 Å². The SMILES string of the molecule is COc1ccc(C(=O)[N+](=O)C(F)(F)C(F)(F)C(F)(F)C(F)(F)C(F)(F)C(F)F)n1C. The molecule has 5 nitrogen and oxygen atoms in total. The molecule has 0 aliphatic rings. The van der Waals surface area contributed by atoms with E-state index in [9.17, 15) is 62.4 Å². The average molecular weight is 469 g/mol. The molecule has 172 valence electrons. The van der Waals surface area contributed by atoms with E-state index in [0.29, 0.717) is 10.6 Å². The van der Waals surface area contributed by atoms with E-state index in [0.717, 1.165) is 20.2 Å². The summed E-state index contributed by atoms with van der Waals surface area (Å²) in [4.78, 5) is 23.1. The Bertz CT molecular complexity index is 833. The van der Waals surface area contributed by atoms with Gasteiger partial charge in [0, 0.05) is 18.0 Å². The number of aromatic nitrogens is 1. The van der Waals surface area contributed by atoms with Crippen LogP contribution in [0.4, 0.5) is 52.7 Å². The highest BCUT2D eigenvalue weighted by atomic mass is 19.4. The van der Waals surface area contributed by atoms with Crippen molar-refractivity contribution < 1.29 is 67.0 Å². The van der Waals surface area contributed by atoms with Gasteiger partial charge in [-0.1, -0.05) is 0 Å². The fraction of sp³-hybridized carbons (Fsp3) is 0.615. The highest BCUT2D eigenvalue weighted by Crippen LogP contribution is 2.58. The number of alkyl halides is 12. The third kappa shape index (κ3) is 3.27. The molecule has 1 aromatic rings. The van der Waals surface area contributed by atoms with E-state index >= 15 is 0 Å². The first-order valence-electron chi connectivity index (χ1n) is 7.12. The summed E-state index contributed by atoms with van der Waals surface area (Å²) in [5.74, 6) is -33.6. The number of hydrogen-bond acceptors (Lipinski definition) is 3. The minimum atomic E-state index is -7.92. The zero-order valence-corrected chi connectivity index (χ0v) is 14.4. The summed E-state index contributed by atoms with van der Waals surface area (Å²) in [6.07, 6.45) is -5.68. The van der Waals surface area contributed by atoms with E-state index in [1.807, 2.05) is 0 Å². The molecule has 0 N–H and O–H groups in total. The van der Waals surface area contributed by atoms with Crippen LogP contribution in [0.25, 0.3) is 0 Å². The average Bonchev–Trinajstić information content (AvgIpc) is 2.99. The summed E-state index contributed by atoms with van der Waals surface area (Å²) in [5.41, 5.74) is -1.19. The molecular formula is C13H9F12N2O3+. The number of amides is 1. The Morgan fingerprint density at radius 1 is 0.933 bits per heavy atom. The molecule has 0 saturated carbocycles. The number of carbonyl (C=O) groups excluding carboxylic acids is 1. The molecule has 0 radical (unpaired) electrons. The molecule has 1 rings (SSSR count). The molecule has 0 aliphatic carbocycles. The van der Waals surface area contributed by atoms with Gasteiger partial charge < -0.3 is 9.30 Å². The quantitative estimate of drug-likeness (QED) is 0.323. The zero-order valence-electron chi connectivity index (χ0n) is 14.4. The minimum absolute atomic E-state index is 0.338. The smallest absolute Gasteiger partial charge is 0.482 e. The standard InChI is InChI=1S/C13H9F12N2O3/c1-26-5(3-4-6(26)30-2)7(28)27(29)13(24,25)12(22,23)11(20,21)10(18,19)9(16,17)8(14)15/h3-4,8H,1-2H3/q+1. The van der Waals surface area contributed by atoms with Gasteiger partial charge in [-0.15, -0.1) is 8.78 Å². The normalized spacial score (nSPS) is 14.2. The number of methoxy groups -OCH3 is 1. The van der Waals surface area contributed by atoms with Crippen molar-refractivity contribution in [1.29, 1.82) is 0 Å². The lowest BCUT2D eigenvalue weighted by molar-refractivity contribution is -0.666.